The predicted molar refractivity (Wildman–Crippen MR) is 111 cm³/mol. The lowest BCUT2D eigenvalue weighted by Crippen LogP contribution is -2.40. The van der Waals surface area contributed by atoms with E-state index < -0.39 is 0 Å². The van der Waals surface area contributed by atoms with Gasteiger partial charge in [0.2, 0.25) is 5.91 Å². The minimum atomic E-state index is -0.383. The Morgan fingerprint density at radius 2 is 1.83 bits per heavy atom. The van der Waals surface area contributed by atoms with Crippen molar-refractivity contribution >= 4 is 27.8 Å². The van der Waals surface area contributed by atoms with Crippen LogP contribution in [0.15, 0.2) is 32.0 Å². The number of furan rings is 1. The topological polar surface area (TPSA) is 72.9 Å². The monoisotopic (exact) mass is 397 g/mol. The number of aryl methyl sites for hydroxylation is 1. The molecule has 0 aliphatic carbocycles. The van der Waals surface area contributed by atoms with Crippen molar-refractivity contribution < 1.29 is 18.4 Å². The smallest absolute Gasteiger partial charge is 0.339 e. The van der Waals surface area contributed by atoms with Crippen LogP contribution in [-0.4, -0.2) is 37.1 Å². The van der Waals surface area contributed by atoms with Crippen LogP contribution in [0.5, 0.6) is 0 Å². The van der Waals surface area contributed by atoms with Crippen LogP contribution < -0.4 is 5.63 Å². The molecule has 1 aromatic carbocycles. The summed E-state index contributed by atoms with van der Waals surface area (Å²) in [7, 11) is 0. The number of benzene rings is 1. The molecular weight excluding hydrogens is 370 g/mol. The number of amides is 1. The molecule has 1 saturated heterocycles. The molecule has 3 heterocycles. The number of morpholine rings is 1. The maximum Gasteiger partial charge on any atom is 0.339 e. The zero-order valence-corrected chi connectivity index (χ0v) is 17.5. The Morgan fingerprint density at radius 3 is 2.52 bits per heavy atom. The number of ether oxygens (including phenoxy) is 1. The van der Waals surface area contributed by atoms with Crippen molar-refractivity contribution in [2.75, 3.05) is 26.3 Å². The van der Waals surface area contributed by atoms with E-state index in [1.807, 2.05) is 13.0 Å². The third-order valence-corrected chi connectivity index (χ3v) is 5.74. The number of carbonyl (C=O) groups is 1. The first-order valence-electron chi connectivity index (χ1n) is 10.1. The van der Waals surface area contributed by atoms with Gasteiger partial charge in [-0.2, -0.15) is 0 Å². The van der Waals surface area contributed by atoms with Gasteiger partial charge in [0.15, 0.2) is 0 Å². The molecule has 0 radical (unpaired) electrons. The Bertz CT molecular complexity index is 1130. The lowest BCUT2D eigenvalue weighted by atomic mass is 9.86. The molecule has 1 fully saturated rings. The Morgan fingerprint density at radius 1 is 1.10 bits per heavy atom. The second-order valence-corrected chi connectivity index (χ2v) is 8.73. The highest BCUT2D eigenvalue weighted by atomic mass is 16.5. The van der Waals surface area contributed by atoms with E-state index in [0.29, 0.717) is 49.5 Å². The number of hydrogen-bond acceptors (Lipinski definition) is 5. The Hall–Kier alpha value is -2.60. The first-order valence-corrected chi connectivity index (χ1v) is 10.1. The number of nitrogens with zero attached hydrogens (tertiary/aromatic N) is 1. The van der Waals surface area contributed by atoms with Crippen LogP contribution in [-0.2, 0) is 21.4 Å². The molecule has 0 N–H and O–H groups in total. The quantitative estimate of drug-likeness (QED) is 0.626. The highest BCUT2D eigenvalue weighted by Crippen LogP contribution is 2.35. The summed E-state index contributed by atoms with van der Waals surface area (Å²) >= 11 is 0. The first kappa shape index (κ1) is 19.7. The third kappa shape index (κ3) is 3.69. The number of hydrogen-bond donors (Lipinski definition) is 0. The third-order valence-electron chi connectivity index (χ3n) is 5.74. The molecule has 29 heavy (non-hydrogen) atoms. The second kappa shape index (κ2) is 7.34. The molecule has 154 valence electrons. The van der Waals surface area contributed by atoms with Gasteiger partial charge in [-0.1, -0.05) is 20.8 Å². The Balaban J connectivity index is 1.70. The van der Waals surface area contributed by atoms with E-state index in [0.717, 1.165) is 21.9 Å². The van der Waals surface area contributed by atoms with E-state index in [1.165, 1.54) is 0 Å². The summed E-state index contributed by atoms with van der Waals surface area (Å²) in [6.07, 6.45) is 2.44. The van der Waals surface area contributed by atoms with Crippen LogP contribution in [0.1, 0.15) is 43.9 Å². The molecule has 6 nitrogen and oxygen atoms in total. The normalized spacial score (nSPS) is 15.4. The summed E-state index contributed by atoms with van der Waals surface area (Å²) in [6.45, 7) is 10.7. The molecule has 0 spiro atoms. The maximum atomic E-state index is 12.6. The van der Waals surface area contributed by atoms with Gasteiger partial charge >= 0.3 is 5.63 Å². The van der Waals surface area contributed by atoms with Crippen molar-refractivity contribution in [1.29, 1.82) is 0 Å². The second-order valence-electron chi connectivity index (χ2n) is 8.73. The summed E-state index contributed by atoms with van der Waals surface area (Å²) in [6, 6.07) is 3.83. The molecule has 1 amide bonds. The van der Waals surface area contributed by atoms with Crippen molar-refractivity contribution in [2.45, 2.75) is 46.0 Å². The molecule has 0 atom stereocenters. The van der Waals surface area contributed by atoms with E-state index in [2.05, 4.69) is 20.8 Å². The molecule has 1 aliphatic heterocycles. The van der Waals surface area contributed by atoms with Crippen LogP contribution >= 0.6 is 0 Å². The Labute approximate surface area is 169 Å². The molecule has 0 bridgehead atoms. The fourth-order valence-corrected chi connectivity index (χ4v) is 3.98. The van der Waals surface area contributed by atoms with E-state index in [9.17, 15) is 9.59 Å². The number of fused-ring (bicyclic) bond motifs is 2. The summed E-state index contributed by atoms with van der Waals surface area (Å²) in [5.74, 6) is 0.0486. The fourth-order valence-electron chi connectivity index (χ4n) is 3.98. The van der Waals surface area contributed by atoms with Gasteiger partial charge in [0.05, 0.1) is 19.5 Å². The number of carbonyl (C=O) groups excluding carboxylic acids is 1. The van der Waals surface area contributed by atoms with Gasteiger partial charge in [-0.25, -0.2) is 4.79 Å². The Kier molecular flexibility index (Phi) is 4.99. The molecular formula is C23H27NO5. The van der Waals surface area contributed by atoms with E-state index in [-0.39, 0.29) is 23.4 Å². The van der Waals surface area contributed by atoms with Crippen molar-refractivity contribution in [3.63, 3.8) is 0 Å². The van der Waals surface area contributed by atoms with Crippen LogP contribution in [0.25, 0.3) is 21.9 Å². The van der Waals surface area contributed by atoms with Crippen molar-refractivity contribution in [3.05, 3.63) is 45.5 Å². The minimum Gasteiger partial charge on any atom is -0.464 e. The van der Waals surface area contributed by atoms with Crippen LogP contribution in [0, 0.1) is 6.92 Å². The highest BCUT2D eigenvalue weighted by molar-refractivity contribution is 5.96. The standard InChI is InChI=1S/C23H27NO5/c1-14-15(5-6-21(25)24-7-9-27-10-8-24)22(26)29-20-12-19-17(11-16(14)20)18(13-28-19)23(2,3)4/h11-13H,5-10H2,1-4H3. The summed E-state index contributed by atoms with van der Waals surface area (Å²) in [5, 5.41) is 1.91. The number of rotatable bonds is 3. The molecule has 0 saturated carbocycles. The van der Waals surface area contributed by atoms with Gasteiger partial charge in [0.25, 0.3) is 0 Å². The lowest BCUT2D eigenvalue weighted by Gasteiger charge is -2.26. The molecule has 0 unspecified atom stereocenters. The van der Waals surface area contributed by atoms with Crippen LogP contribution in [0.3, 0.4) is 0 Å². The summed E-state index contributed by atoms with van der Waals surface area (Å²) < 4.78 is 16.6. The van der Waals surface area contributed by atoms with Crippen LogP contribution in [0.4, 0.5) is 0 Å². The maximum absolute atomic E-state index is 12.6. The van der Waals surface area contributed by atoms with Crippen molar-refractivity contribution in [2.24, 2.45) is 0 Å². The minimum absolute atomic E-state index is 0.0486. The fraction of sp³-hybridized carbons (Fsp3) is 0.478. The molecule has 6 heteroatoms. The van der Waals surface area contributed by atoms with Crippen molar-refractivity contribution in [1.82, 2.24) is 4.90 Å². The van der Waals surface area contributed by atoms with Gasteiger partial charge in [-0.3, -0.25) is 4.79 Å². The zero-order chi connectivity index (χ0) is 20.8. The SMILES string of the molecule is Cc1c(CCC(=O)N2CCOCC2)c(=O)oc2cc3occ(C(C)(C)C)c3cc12. The van der Waals surface area contributed by atoms with E-state index in [1.54, 1.807) is 17.2 Å². The molecule has 2 aromatic heterocycles. The highest BCUT2D eigenvalue weighted by Gasteiger charge is 2.22. The first-order chi connectivity index (χ1) is 13.8. The molecule has 4 rings (SSSR count). The average Bonchev–Trinajstić information content (AvgIpc) is 3.10. The van der Waals surface area contributed by atoms with Crippen LogP contribution in [0.2, 0.25) is 0 Å². The zero-order valence-electron chi connectivity index (χ0n) is 17.5. The van der Waals surface area contributed by atoms with Gasteiger partial charge < -0.3 is 18.5 Å². The van der Waals surface area contributed by atoms with Gasteiger partial charge in [-0.15, -0.1) is 0 Å². The molecule has 1 aliphatic rings. The predicted octanol–water partition coefficient (Wildman–Crippen LogP) is 3.94. The van der Waals surface area contributed by atoms with Crippen molar-refractivity contribution in [3.8, 4) is 0 Å². The van der Waals surface area contributed by atoms with Gasteiger partial charge in [0.1, 0.15) is 11.2 Å². The van der Waals surface area contributed by atoms with Gasteiger partial charge in [-0.05, 0) is 30.4 Å². The summed E-state index contributed by atoms with van der Waals surface area (Å²) in [4.78, 5) is 26.9. The van der Waals surface area contributed by atoms with E-state index in [4.69, 9.17) is 13.6 Å². The van der Waals surface area contributed by atoms with Gasteiger partial charge in [0, 0.05) is 47.5 Å². The largest absolute Gasteiger partial charge is 0.464 e. The molecule has 3 aromatic rings. The van der Waals surface area contributed by atoms with E-state index >= 15 is 0 Å². The lowest BCUT2D eigenvalue weighted by molar-refractivity contribution is -0.135. The summed E-state index contributed by atoms with van der Waals surface area (Å²) in [5.41, 5.74) is 3.33. The average molecular weight is 397 g/mol.